The van der Waals surface area contributed by atoms with Gasteiger partial charge in [0.15, 0.2) is 6.61 Å². The molecule has 0 bridgehead atoms. The maximum absolute atomic E-state index is 13.7. The molecule has 0 aromatic heterocycles. The summed E-state index contributed by atoms with van der Waals surface area (Å²) in [4.78, 5) is 13.5. The van der Waals surface area contributed by atoms with Crippen molar-refractivity contribution in [1.29, 1.82) is 0 Å². The molecule has 0 unspecified atom stereocenters. The minimum atomic E-state index is -0.402. The number of rotatable bonds is 4. The zero-order chi connectivity index (χ0) is 13.8. The lowest BCUT2D eigenvalue weighted by molar-refractivity contribution is -0.132. The van der Waals surface area contributed by atoms with Crippen molar-refractivity contribution in [3.63, 3.8) is 0 Å². The third-order valence-corrected chi connectivity index (χ3v) is 3.28. The molecule has 1 aromatic rings. The van der Waals surface area contributed by atoms with E-state index in [0.717, 1.165) is 25.9 Å². The Kier molecular flexibility index (Phi) is 4.37. The molecular formula is C14H19FN2O2. The lowest BCUT2D eigenvalue weighted by Crippen LogP contribution is -2.32. The van der Waals surface area contributed by atoms with Crippen molar-refractivity contribution >= 4 is 5.91 Å². The number of carbonyl (C=O) groups excluding carboxylic acids is 1. The largest absolute Gasteiger partial charge is 0.484 e. The van der Waals surface area contributed by atoms with Crippen molar-refractivity contribution in [3.8, 4) is 5.75 Å². The third kappa shape index (κ3) is 3.44. The second-order valence-corrected chi connectivity index (χ2v) is 4.85. The van der Waals surface area contributed by atoms with Crippen LogP contribution in [0.5, 0.6) is 5.75 Å². The van der Waals surface area contributed by atoms with Crippen LogP contribution in [0.1, 0.15) is 31.4 Å². The van der Waals surface area contributed by atoms with E-state index in [-0.39, 0.29) is 18.6 Å². The fourth-order valence-electron chi connectivity index (χ4n) is 2.17. The summed E-state index contributed by atoms with van der Waals surface area (Å²) in [6.45, 7) is 3.26. The van der Waals surface area contributed by atoms with E-state index in [0.29, 0.717) is 11.3 Å². The molecule has 1 atom stereocenters. The first-order valence-corrected chi connectivity index (χ1v) is 6.53. The minimum Gasteiger partial charge on any atom is -0.484 e. The molecule has 1 aliphatic heterocycles. The van der Waals surface area contributed by atoms with Gasteiger partial charge in [-0.3, -0.25) is 4.79 Å². The Balaban J connectivity index is 1.92. The summed E-state index contributed by atoms with van der Waals surface area (Å²) in [5, 5.41) is 0. The Bertz CT molecular complexity index is 457. The average molecular weight is 266 g/mol. The zero-order valence-electron chi connectivity index (χ0n) is 11.1. The van der Waals surface area contributed by atoms with Crippen LogP contribution < -0.4 is 10.5 Å². The van der Waals surface area contributed by atoms with Gasteiger partial charge in [-0.2, -0.15) is 0 Å². The van der Waals surface area contributed by atoms with Crippen LogP contribution in [-0.2, 0) is 4.79 Å². The summed E-state index contributed by atoms with van der Waals surface area (Å²) in [6, 6.07) is 4.14. The predicted molar refractivity (Wildman–Crippen MR) is 70.3 cm³/mol. The molecule has 2 N–H and O–H groups in total. The first-order chi connectivity index (χ1) is 9.08. The van der Waals surface area contributed by atoms with Crippen molar-refractivity contribution in [2.45, 2.75) is 25.8 Å². The third-order valence-electron chi connectivity index (χ3n) is 3.28. The number of amides is 1. The van der Waals surface area contributed by atoms with Gasteiger partial charge in [0.05, 0.1) is 0 Å². The van der Waals surface area contributed by atoms with Crippen molar-refractivity contribution in [2.24, 2.45) is 5.73 Å². The second kappa shape index (κ2) is 6.02. The minimum absolute atomic E-state index is 0.0447. The van der Waals surface area contributed by atoms with E-state index in [4.69, 9.17) is 10.5 Å². The highest BCUT2D eigenvalue weighted by Crippen LogP contribution is 2.20. The first-order valence-electron chi connectivity index (χ1n) is 6.53. The molecule has 0 spiro atoms. The maximum Gasteiger partial charge on any atom is 0.260 e. The van der Waals surface area contributed by atoms with Crippen LogP contribution >= 0.6 is 0 Å². The molecule has 4 nitrogen and oxygen atoms in total. The number of hydrogen-bond acceptors (Lipinski definition) is 3. The smallest absolute Gasteiger partial charge is 0.260 e. The van der Waals surface area contributed by atoms with Gasteiger partial charge in [-0.05, 0) is 25.8 Å². The molecule has 0 saturated carbocycles. The Labute approximate surface area is 112 Å². The molecule has 1 aliphatic rings. The number of likely N-dealkylation sites (tertiary alicyclic amines) is 1. The molecule has 1 amide bonds. The van der Waals surface area contributed by atoms with E-state index in [9.17, 15) is 9.18 Å². The Morgan fingerprint density at radius 1 is 1.47 bits per heavy atom. The molecule has 1 aromatic carbocycles. The molecule has 0 radical (unpaired) electrons. The van der Waals surface area contributed by atoms with Crippen molar-refractivity contribution in [3.05, 3.63) is 29.6 Å². The van der Waals surface area contributed by atoms with Gasteiger partial charge < -0.3 is 15.4 Å². The van der Waals surface area contributed by atoms with E-state index in [1.807, 2.05) is 0 Å². The highest BCUT2D eigenvalue weighted by atomic mass is 19.1. The number of nitrogens with zero attached hydrogens (tertiary/aromatic N) is 1. The number of benzene rings is 1. The van der Waals surface area contributed by atoms with Crippen molar-refractivity contribution in [2.75, 3.05) is 19.7 Å². The number of carbonyl (C=O) groups is 1. The summed E-state index contributed by atoms with van der Waals surface area (Å²) >= 11 is 0. The fourth-order valence-corrected chi connectivity index (χ4v) is 2.17. The zero-order valence-corrected chi connectivity index (χ0v) is 11.1. The van der Waals surface area contributed by atoms with Crippen molar-refractivity contribution in [1.82, 2.24) is 4.90 Å². The summed E-state index contributed by atoms with van der Waals surface area (Å²) < 4.78 is 19.0. The molecule has 5 heteroatoms. The molecule has 1 heterocycles. The quantitative estimate of drug-likeness (QED) is 0.904. The van der Waals surface area contributed by atoms with Gasteiger partial charge in [-0.15, -0.1) is 0 Å². The van der Waals surface area contributed by atoms with E-state index in [2.05, 4.69) is 0 Å². The van der Waals surface area contributed by atoms with Crippen molar-refractivity contribution < 1.29 is 13.9 Å². The van der Waals surface area contributed by atoms with Gasteiger partial charge in [-0.1, -0.05) is 6.07 Å². The first kappa shape index (κ1) is 13.8. The number of halogens is 1. The SMILES string of the molecule is C[C@@H](N)c1ccc(OCC(=O)N2CCCC2)cc1F. The monoisotopic (exact) mass is 266 g/mol. The average Bonchev–Trinajstić information content (AvgIpc) is 2.89. The fraction of sp³-hybridized carbons (Fsp3) is 0.500. The van der Waals surface area contributed by atoms with Crippen LogP contribution in [0.25, 0.3) is 0 Å². The summed E-state index contributed by atoms with van der Waals surface area (Å²) in [5.74, 6) is -0.0928. The van der Waals surface area contributed by atoms with E-state index < -0.39 is 5.82 Å². The lowest BCUT2D eigenvalue weighted by atomic mass is 10.1. The van der Waals surface area contributed by atoms with E-state index >= 15 is 0 Å². The Morgan fingerprint density at radius 2 is 2.16 bits per heavy atom. The lowest BCUT2D eigenvalue weighted by Gasteiger charge is -2.16. The predicted octanol–water partition coefficient (Wildman–Crippen LogP) is 1.85. The van der Waals surface area contributed by atoms with Gasteiger partial charge in [-0.25, -0.2) is 4.39 Å². The standard InChI is InChI=1S/C14H19FN2O2/c1-10(16)12-5-4-11(8-13(12)15)19-9-14(18)17-6-2-3-7-17/h4-5,8,10H,2-3,6-7,9,16H2,1H3/t10-/m1/s1. The van der Waals surface area contributed by atoms with Gasteiger partial charge in [0.25, 0.3) is 5.91 Å². The van der Waals surface area contributed by atoms with E-state index in [1.165, 1.54) is 6.07 Å². The topological polar surface area (TPSA) is 55.6 Å². The number of ether oxygens (including phenoxy) is 1. The maximum atomic E-state index is 13.7. The van der Waals surface area contributed by atoms with Crippen LogP contribution in [0.2, 0.25) is 0 Å². The van der Waals surface area contributed by atoms with Crippen LogP contribution in [0.3, 0.4) is 0 Å². The van der Waals surface area contributed by atoms with Crippen LogP contribution in [-0.4, -0.2) is 30.5 Å². The van der Waals surface area contributed by atoms with Crippen LogP contribution in [0.4, 0.5) is 4.39 Å². The van der Waals surface area contributed by atoms with Gasteiger partial charge in [0, 0.05) is 30.8 Å². The second-order valence-electron chi connectivity index (χ2n) is 4.85. The Morgan fingerprint density at radius 3 is 2.74 bits per heavy atom. The molecule has 19 heavy (non-hydrogen) atoms. The highest BCUT2D eigenvalue weighted by molar-refractivity contribution is 5.78. The number of hydrogen-bond donors (Lipinski definition) is 1. The molecule has 1 fully saturated rings. The molecule has 2 rings (SSSR count). The number of nitrogens with two attached hydrogens (primary N) is 1. The normalized spacial score (nSPS) is 16.5. The summed E-state index contributed by atoms with van der Waals surface area (Å²) in [5.41, 5.74) is 6.07. The summed E-state index contributed by atoms with van der Waals surface area (Å²) in [7, 11) is 0. The summed E-state index contributed by atoms with van der Waals surface area (Å²) in [6.07, 6.45) is 2.09. The van der Waals surface area contributed by atoms with Crippen LogP contribution in [0, 0.1) is 5.82 Å². The molecular weight excluding hydrogens is 247 g/mol. The molecule has 0 aliphatic carbocycles. The Hall–Kier alpha value is -1.62. The van der Waals surface area contributed by atoms with Crippen LogP contribution in [0.15, 0.2) is 18.2 Å². The van der Waals surface area contributed by atoms with Gasteiger partial charge in [0.2, 0.25) is 0 Å². The molecule has 104 valence electrons. The highest BCUT2D eigenvalue weighted by Gasteiger charge is 2.18. The van der Waals surface area contributed by atoms with Gasteiger partial charge in [0.1, 0.15) is 11.6 Å². The van der Waals surface area contributed by atoms with Gasteiger partial charge >= 0.3 is 0 Å². The van der Waals surface area contributed by atoms with E-state index in [1.54, 1.807) is 24.0 Å². The molecule has 1 saturated heterocycles.